The molecule has 2 saturated heterocycles. The molecule has 4 amide bonds. The molecule has 3 aliphatic heterocycles. The van der Waals surface area contributed by atoms with Gasteiger partial charge in [-0.1, -0.05) is 12.1 Å². The number of carbonyl (C=O) groups excluding carboxylic acids is 4. The number of hydrogen-bond acceptors (Lipinski definition) is 10. The van der Waals surface area contributed by atoms with Gasteiger partial charge in [-0.3, -0.25) is 29.0 Å². The molecule has 1 aromatic carbocycles. The number of anilines is 2. The number of nitrogens with one attached hydrogen (secondary N) is 3. The number of amides is 4. The minimum atomic E-state index is -0.638. The topological polar surface area (TPSA) is 126 Å². The number of piperazine rings is 1. The van der Waals surface area contributed by atoms with E-state index in [4.69, 9.17) is 4.99 Å². The summed E-state index contributed by atoms with van der Waals surface area (Å²) >= 11 is 2.82. The fourth-order valence-corrected chi connectivity index (χ4v) is 6.92. The smallest absolute Gasteiger partial charge is 0.243 e. The number of benzene rings is 1. The standard InChI is InChI=1S/C27H33N7O4S2/c1-16-10-18-25(30-19-6-4-5-7-20(19)31-26(18)40-16)33-9-8-32(3)17(13-33)12-29-22(35)14-34-24(37)11-21(27(34)38)39-15-23(36)28-2/h4-7,10,17,21,31H,8-9,11-15H2,1-3H3,(H,28,36)(H,29,35). The molecule has 4 heterocycles. The highest BCUT2D eigenvalue weighted by Crippen LogP contribution is 2.39. The van der Waals surface area contributed by atoms with Gasteiger partial charge in [-0.2, -0.15) is 0 Å². The Balaban J connectivity index is 1.22. The molecule has 2 unspecified atom stereocenters. The zero-order chi connectivity index (χ0) is 28.4. The van der Waals surface area contributed by atoms with Crippen LogP contribution in [0.2, 0.25) is 0 Å². The highest BCUT2D eigenvalue weighted by Gasteiger charge is 2.40. The SMILES string of the molecule is CNC(=O)CSC1CC(=O)N(CC(=O)NCC2CN(C3=Nc4ccccc4Nc4sc(C)cc43)CCN2C)C1=O. The van der Waals surface area contributed by atoms with Gasteiger partial charge in [0.15, 0.2) is 0 Å². The normalized spacial score (nSPS) is 20.8. The second kappa shape index (κ2) is 12.0. The predicted octanol–water partition coefficient (Wildman–Crippen LogP) is 1.53. The minimum Gasteiger partial charge on any atom is -0.358 e. The molecule has 1 aromatic heterocycles. The van der Waals surface area contributed by atoms with Gasteiger partial charge in [-0.25, -0.2) is 4.99 Å². The van der Waals surface area contributed by atoms with Gasteiger partial charge >= 0.3 is 0 Å². The van der Waals surface area contributed by atoms with E-state index in [1.54, 1.807) is 11.3 Å². The second-order valence-corrected chi connectivity index (χ2v) is 12.5. The van der Waals surface area contributed by atoms with Gasteiger partial charge in [-0.15, -0.1) is 23.1 Å². The van der Waals surface area contributed by atoms with Crippen LogP contribution in [0.5, 0.6) is 0 Å². The van der Waals surface area contributed by atoms with Crippen molar-refractivity contribution in [2.24, 2.45) is 4.99 Å². The zero-order valence-corrected chi connectivity index (χ0v) is 24.4. The van der Waals surface area contributed by atoms with E-state index >= 15 is 0 Å². The summed E-state index contributed by atoms with van der Waals surface area (Å²) < 4.78 is 0. The van der Waals surface area contributed by atoms with Gasteiger partial charge in [0.2, 0.25) is 23.6 Å². The molecule has 2 atom stereocenters. The maximum atomic E-state index is 12.8. The van der Waals surface area contributed by atoms with Crippen LogP contribution in [0.1, 0.15) is 16.9 Å². The number of para-hydroxylation sites is 2. The fourth-order valence-electron chi connectivity index (χ4n) is 4.98. The van der Waals surface area contributed by atoms with E-state index in [0.29, 0.717) is 13.1 Å². The van der Waals surface area contributed by atoms with Gasteiger partial charge in [0.05, 0.1) is 27.9 Å². The van der Waals surface area contributed by atoms with Crippen molar-refractivity contribution in [1.82, 2.24) is 25.3 Å². The Bertz CT molecular complexity index is 1360. The largest absolute Gasteiger partial charge is 0.358 e. The molecule has 11 nitrogen and oxygen atoms in total. The Morgan fingerprint density at radius 3 is 2.80 bits per heavy atom. The number of aryl methyl sites for hydroxylation is 1. The van der Waals surface area contributed by atoms with Crippen molar-refractivity contribution in [1.29, 1.82) is 0 Å². The number of hydrogen-bond donors (Lipinski definition) is 3. The molecule has 3 aliphatic rings. The predicted molar refractivity (Wildman–Crippen MR) is 158 cm³/mol. The second-order valence-electron chi connectivity index (χ2n) is 10.1. The lowest BCUT2D eigenvalue weighted by molar-refractivity contribution is -0.142. The van der Waals surface area contributed by atoms with E-state index in [9.17, 15) is 19.2 Å². The molecular weight excluding hydrogens is 550 g/mol. The van der Waals surface area contributed by atoms with E-state index in [1.165, 1.54) is 11.9 Å². The number of imide groups is 1. The van der Waals surface area contributed by atoms with Gasteiger partial charge in [0, 0.05) is 50.6 Å². The van der Waals surface area contributed by atoms with Crippen LogP contribution in [-0.4, -0.2) is 108 Å². The Labute approximate surface area is 241 Å². The molecule has 0 aliphatic carbocycles. The summed E-state index contributed by atoms with van der Waals surface area (Å²) in [6.45, 7) is 4.38. The average Bonchev–Trinajstić information content (AvgIpc) is 3.38. The average molecular weight is 584 g/mol. The first kappa shape index (κ1) is 28.1. The van der Waals surface area contributed by atoms with Crippen molar-refractivity contribution in [2.45, 2.75) is 24.6 Å². The molecule has 0 radical (unpaired) electrons. The lowest BCUT2D eigenvalue weighted by Crippen LogP contribution is -2.57. The van der Waals surface area contributed by atoms with Crippen LogP contribution in [0.25, 0.3) is 0 Å². The molecule has 212 valence electrons. The summed E-state index contributed by atoms with van der Waals surface area (Å²) in [5, 5.41) is 9.39. The lowest BCUT2D eigenvalue weighted by atomic mass is 10.1. The minimum absolute atomic E-state index is 0.00175. The monoisotopic (exact) mass is 583 g/mol. The number of fused-ring (bicyclic) bond motifs is 2. The first-order valence-electron chi connectivity index (χ1n) is 13.2. The molecule has 0 saturated carbocycles. The van der Waals surface area contributed by atoms with Crippen molar-refractivity contribution in [3.63, 3.8) is 0 Å². The van der Waals surface area contributed by atoms with Crippen LogP contribution in [0, 0.1) is 6.92 Å². The summed E-state index contributed by atoms with van der Waals surface area (Å²) in [6, 6.07) is 10.2. The number of thioether (sulfide) groups is 1. The van der Waals surface area contributed by atoms with E-state index in [2.05, 4.69) is 38.7 Å². The van der Waals surface area contributed by atoms with Crippen molar-refractivity contribution in [2.75, 3.05) is 57.9 Å². The van der Waals surface area contributed by atoms with Crippen molar-refractivity contribution in [3.8, 4) is 0 Å². The van der Waals surface area contributed by atoms with E-state index in [0.717, 1.165) is 57.5 Å². The first-order chi connectivity index (χ1) is 19.2. The molecule has 3 N–H and O–H groups in total. The van der Waals surface area contributed by atoms with E-state index in [-0.39, 0.29) is 36.6 Å². The van der Waals surface area contributed by atoms with Crippen LogP contribution >= 0.6 is 23.1 Å². The Morgan fingerprint density at radius 1 is 1.20 bits per heavy atom. The lowest BCUT2D eigenvalue weighted by Gasteiger charge is -2.41. The summed E-state index contributed by atoms with van der Waals surface area (Å²) in [7, 11) is 3.55. The van der Waals surface area contributed by atoms with Crippen molar-refractivity contribution >= 4 is 68.9 Å². The van der Waals surface area contributed by atoms with Gasteiger partial charge in [-0.05, 0) is 32.2 Å². The number of likely N-dealkylation sites (N-methyl/N-ethyl adjacent to an activating group) is 1. The third kappa shape index (κ3) is 6.01. The zero-order valence-electron chi connectivity index (χ0n) is 22.7. The number of thiophene rings is 1. The van der Waals surface area contributed by atoms with Gasteiger partial charge in [0.25, 0.3) is 0 Å². The number of nitrogens with zero attached hydrogens (tertiary/aromatic N) is 4. The van der Waals surface area contributed by atoms with Crippen LogP contribution in [0.4, 0.5) is 16.4 Å². The first-order valence-corrected chi connectivity index (χ1v) is 15.0. The maximum Gasteiger partial charge on any atom is 0.243 e. The fraction of sp³-hybridized carbons (Fsp3) is 0.444. The van der Waals surface area contributed by atoms with Gasteiger partial charge < -0.3 is 20.9 Å². The Morgan fingerprint density at radius 2 is 2.00 bits per heavy atom. The van der Waals surface area contributed by atoms with Crippen molar-refractivity contribution in [3.05, 3.63) is 40.8 Å². The summed E-state index contributed by atoms with van der Waals surface area (Å²) in [5.74, 6) is -0.411. The van der Waals surface area contributed by atoms with Crippen LogP contribution in [0.3, 0.4) is 0 Å². The van der Waals surface area contributed by atoms with Crippen molar-refractivity contribution < 1.29 is 19.2 Å². The summed E-state index contributed by atoms with van der Waals surface area (Å²) in [5.41, 5.74) is 2.92. The quantitative estimate of drug-likeness (QED) is 0.419. The highest BCUT2D eigenvalue weighted by molar-refractivity contribution is 8.01. The number of rotatable bonds is 7. The van der Waals surface area contributed by atoms with E-state index < -0.39 is 17.1 Å². The Hall–Kier alpha value is -3.42. The molecule has 5 rings (SSSR count). The summed E-state index contributed by atoms with van der Waals surface area (Å²) in [4.78, 5) is 61.2. The highest BCUT2D eigenvalue weighted by atomic mass is 32.2. The molecule has 0 spiro atoms. The summed E-state index contributed by atoms with van der Waals surface area (Å²) in [6.07, 6.45) is -0.00175. The van der Waals surface area contributed by atoms with Crippen LogP contribution in [-0.2, 0) is 19.2 Å². The number of likely N-dealkylation sites (tertiary alicyclic amines) is 1. The maximum absolute atomic E-state index is 12.8. The number of amidine groups is 1. The molecule has 13 heteroatoms. The molecule has 2 aromatic rings. The van der Waals surface area contributed by atoms with Gasteiger partial charge in [0.1, 0.15) is 17.4 Å². The third-order valence-corrected chi connectivity index (χ3v) is 9.45. The van der Waals surface area contributed by atoms with Crippen LogP contribution in [0.15, 0.2) is 35.3 Å². The molecular formula is C27H33N7O4S2. The number of aliphatic imine (C=N–C) groups is 1. The number of carbonyl (C=O) groups is 4. The van der Waals surface area contributed by atoms with E-state index in [1.807, 2.05) is 31.3 Å². The third-order valence-electron chi connectivity index (χ3n) is 7.28. The molecule has 0 bridgehead atoms. The Kier molecular flexibility index (Phi) is 8.43. The molecule has 2 fully saturated rings. The molecule has 40 heavy (non-hydrogen) atoms. The van der Waals surface area contributed by atoms with Crippen LogP contribution < -0.4 is 16.0 Å².